The van der Waals surface area contributed by atoms with Crippen LogP contribution in [0, 0.1) is 0 Å². The van der Waals surface area contributed by atoms with Gasteiger partial charge in [0.25, 0.3) is 0 Å². The minimum Gasteiger partial charge on any atom is -0.383 e. The van der Waals surface area contributed by atoms with Crippen molar-refractivity contribution >= 4 is 5.91 Å². The van der Waals surface area contributed by atoms with Crippen LogP contribution in [0.1, 0.15) is 39.5 Å². The van der Waals surface area contributed by atoms with E-state index < -0.39 is 5.54 Å². The van der Waals surface area contributed by atoms with Gasteiger partial charge >= 0.3 is 0 Å². The van der Waals surface area contributed by atoms with E-state index in [-0.39, 0.29) is 5.91 Å². The van der Waals surface area contributed by atoms with Gasteiger partial charge in [0.15, 0.2) is 0 Å². The van der Waals surface area contributed by atoms with Crippen molar-refractivity contribution < 1.29 is 9.53 Å². The molecule has 5 heteroatoms. The summed E-state index contributed by atoms with van der Waals surface area (Å²) < 4.78 is 5.21. The molecule has 3 N–H and O–H groups in total. The number of amides is 1. The fraction of sp³-hybridized carbons (Fsp3) is 0.929. The number of primary amides is 1. The zero-order valence-electron chi connectivity index (χ0n) is 12.7. The maximum atomic E-state index is 11.8. The van der Waals surface area contributed by atoms with E-state index in [0.29, 0.717) is 18.7 Å². The van der Waals surface area contributed by atoms with Crippen LogP contribution in [-0.4, -0.2) is 55.7 Å². The Labute approximate surface area is 116 Å². The number of rotatable bonds is 7. The first kappa shape index (κ1) is 16.4. The predicted octanol–water partition coefficient (Wildman–Crippen LogP) is 0.729. The molecule has 3 atom stereocenters. The SMILES string of the molecule is CCNC1(C(N)=O)CCCC(N(C)C(C)COC)C1. The Morgan fingerprint density at radius 2 is 2.32 bits per heavy atom. The monoisotopic (exact) mass is 271 g/mol. The van der Waals surface area contributed by atoms with Gasteiger partial charge in [0.2, 0.25) is 5.91 Å². The van der Waals surface area contributed by atoms with Crippen LogP contribution in [0.5, 0.6) is 0 Å². The first-order chi connectivity index (χ1) is 8.96. The topological polar surface area (TPSA) is 67.6 Å². The molecule has 1 fully saturated rings. The lowest BCUT2D eigenvalue weighted by Crippen LogP contribution is -2.61. The number of nitrogens with one attached hydrogen (secondary N) is 1. The van der Waals surface area contributed by atoms with Gasteiger partial charge in [0, 0.05) is 19.2 Å². The molecular formula is C14H29N3O2. The van der Waals surface area contributed by atoms with Gasteiger partial charge in [-0.3, -0.25) is 9.69 Å². The van der Waals surface area contributed by atoms with Crippen molar-refractivity contribution in [3.8, 4) is 0 Å². The predicted molar refractivity (Wildman–Crippen MR) is 77.0 cm³/mol. The largest absolute Gasteiger partial charge is 0.383 e. The molecule has 0 spiro atoms. The Kier molecular flexibility index (Phi) is 6.23. The molecule has 0 bridgehead atoms. The van der Waals surface area contributed by atoms with Crippen LogP contribution >= 0.6 is 0 Å². The van der Waals surface area contributed by atoms with Gasteiger partial charge in [-0.2, -0.15) is 0 Å². The number of hydrogen-bond acceptors (Lipinski definition) is 4. The molecule has 0 saturated heterocycles. The van der Waals surface area contributed by atoms with Crippen LogP contribution in [0.25, 0.3) is 0 Å². The average molecular weight is 271 g/mol. The van der Waals surface area contributed by atoms with E-state index in [1.54, 1.807) is 7.11 Å². The maximum absolute atomic E-state index is 11.8. The zero-order valence-corrected chi connectivity index (χ0v) is 12.7. The van der Waals surface area contributed by atoms with Gasteiger partial charge in [-0.05, 0) is 46.2 Å². The number of nitrogens with zero attached hydrogens (tertiary/aromatic N) is 1. The van der Waals surface area contributed by atoms with Crippen molar-refractivity contribution in [2.24, 2.45) is 5.73 Å². The van der Waals surface area contributed by atoms with E-state index >= 15 is 0 Å². The lowest BCUT2D eigenvalue weighted by molar-refractivity contribution is -0.126. The number of carbonyl (C=O) groups excluding carboxylic acids is 1. The normalized spacial score (nSPS) is 29.4. The van der Waals surface area contributed by atoms with Crippen molar-refractivity contribution in [2.75, 3.05) is 27.3 Å². The molecule has 19 heavy (non-hydrogen) atoms. The van der Waals surface area contributed by atoms with Gasteiger partial charge in [-0.1, -0.05) is 6.92 Å². The lowest BCUT2D eigenvalue weighted by Gasteiger charge is -2.44. The van der Waals surface area contributed by atoms with E-state index in [2.05, 4.69) is 24.2 Å². The van der Waals surface area contributed by atoms with Gasteiger partial charge in [-0.15, -0.1) is 0 Å². The zero-order chi connectivity index (χ0) is 14.5. The molecular weight excluding hydrogens is 242 g/mol. The van der Waals surface area contributed by atoms with Crippen molar-refractivity contribution in [1.82, 2.24) is 10.2 Å². The molecule has 0 aliphatic heterocycles. The van der Waals surface area contributed by atoms with Crippen LogP contribution in [0.4, 0.5) is 0 Å². The molecule has 112 valence electrons. The van der Waals surface area contributed by atoms with Crippen molar-refractivity contribution in [3.63, 3.8) is 0 Å². The summed E-state index contributed by atoms with van der Waals surface area (Å²) in [6.07, 6.45) is 3.79. The molecule has 1 saturated carbocycles. The summed E-state index contributed by atoms with van der Waals surface area (Å²) in [4.78, 5) is 14.2. The van der Waals surface area contributed by atoms with Crippen LogP contribution in [0.3, 0.4) is 0 Å². The Bertz CT molecular complexity index is 294. The van der Waals surface area contributed by atoms with Gasteiger partial charge in [0.05, 0.1) is 12.1 Å². The van der Waals surface area contributed by atoms with E-state index in [9.17, 15) is 4.79 Å². The van der Waals surface area contributed by atoms with Crippen molar-refractivity contribution in [1.29, 1.82) is 0 Å². The van der Waals surface area contributed by atoms with Gasteiger partial charge in [0.1, 0.15) is 0 Å². The minimum absolute atomic E-state index is 0.216. The van der Waals surface area contributed by atoms with E-state index in [4.69, 9.17) is 10.5 Å². The van der Waals surface area contributed by atoms with Crippen molar-refractivity contribution in [3.05, 3.63) is 0 Å². The summed E-state index contributed by atoms with van der Waals surface area (Å²) in [5.74, 6) is -0.216. The maximum Gasteiger partial charge on any atom is 0.237 e. The summed E-state index contributed by atoms with van der Waals surface area (Å²) >= 11 is 0. The molecule has 5 nitrogen and oxygen atoms in total. The summed E-state index contributed by atoms with van der Waals surface area (Å²) in [6, 6.07) is 0.728. The Hall–Kier alpha value is -0.650. The number of carbonyl (C=O) groups is 1. The summed E-state index contributed by atoms with van der Waals surface area (Å²) in [5.41, 5.74) is 5.11. The molecule has 0 aromatic carbocycles. The molecule has 1 aliphatic carbocycles. The number of ether oxygens (including phenoxy) is 1. The number of methoxy groups -OCH3 is 1. The fourth-order valence-electron chi connectivity index (χ4n) is 3.12. The summed E-state index contributed by atoms with van der Waals surface area (Å²) in [7, 11) is 3.83. The van der Waals surface area contributed by atoms with Crippen LogP contribution in [-0.2, 0) is 9.53 Å². The third kappa shape index (κ3) is 3.91. The highest BCUT2D eigenvalue weighted by atomic mass is 16.5. The molecule has 0 heterocycles. The van der Waals surface area contributed by atoms with E-state index in [0.717, 1.165) is 32.2 Å². The molecule has 1 aliphatic rings. The first-order valence-electron chi connectivity index (χ1n) is 7.22. The Balaban J connectivity index is 2.74. The number of hydrogen-bond donors (Lipinski definition) is 2. The fourth-order valence-corrected chi connectivity index (χ4v) is 3.12. The quantitative estimate of drug-likeness (QED) is 0.716. The first-order valence-corrected chi connectivity index (χ1v) is 7.22. The third-order valence-corrected chi connectivity index (χ3v) is 4.39. The smallest absolute Gasteiger partial charge is 0.237 e. The Morgan fingerprint density at radius 1 is 1.63 bits per heavy atom. The van der Waals surface area contributed by atoms with Crippen LogP contribution in [0.2, 0.25) is 0 Å². The molecule has 1 rings (SSSR count). The standard InChI is InChI=1S/C14H29N3O2/c1-5-16-14(13(15)18)8-6-7-12(9-14)17(3)11(2)10-19-4/h11-12,16H,5-10H2,1-4H3,(H2,15,18). The highest BCUT2D eigenvalue weighted by Gasteiger charge is 2.42. The van der Waals surface area contributed by atoms with Gasteiger partial charge < -0.3 is 15.8 Å². The summed E-state index contributed by atoms with van der Waals surface area (Å²) in [5, 5.41) is 3.32. The highest BCUT2D eigenvalue weighted by Crippen LogP contribution is 2.31. The number of nitrogens with two attached hydrogens (primary N) is 1. The second-order valence-electron chi connectivity index (χ2n) is 5.70. The Morgan fingerprint density at radius 3 is 2.84 bits per heavy atom. The van der Waals surface area contributed by atoms with E-state index in [1.165, 1.54) is 0 Å². The average Bonchev–Trinajstić information content (AvgIpc) is 2.38. The second-order valence-corrected chi connectivity index (χ2v) is 5.70. The lowest BCUT2D eigenvalue weighted by atomic mass is 9.77. The van der Waals surface area contributed by atoms with Crippen molar-refractivity contribution in [2.45, 2.75) is 57.2 Å². The molecule has 3 unspecified atom stereocenters. The van der Waals surface area contributed by atoms with E-state index in [1.807, 2.05) is 6.92 Å². The molecule has 0 aromatic heterocycles. The van der Waals surface area contributed by atoms with Crippen LogP contribution in [0.15, 0.2) is 0 Å². The summed E-state index contributed by atoms with van der Waals surface area (Å²) in [6.45, 7) is 5.65. The molecule has 1 amide bonds. The molecule has 0 aromatic rings. The highest BCUT2D eigenvalue weighted by molar-refractivity contribution is 5.84. The number of likely N-dealkylation sites (N-methyl/N-ethyl adjacent to an activating group) is 2. The minimum atomic E-state index is -0.529. The van der Waals surface area contributed by atoms with Crippen LogP contribution < -0.4 is 11.1 Å². The third-order valence-electron chi connectivity index (χ3n) is 4.39. The van der Waals surface area contributed by atoms with Gasteiger partial charge in [-0.25, -0.2) is 0 Å². The second kappa shape index (κ2) is 7.22. The molecule has 0 radical (unpaired) electrons.